The number of nitrogens with zero attached hydrogens (tertiary/aromatic N) is 1. The quantitative estimate of drug-likeness (QED) is 0.669. The van der Waals surface area contributed by atoms with E-state index in [1.165, 1.54) is 12.7 Å². The Morgan fingerprint density at radius 3 is 2.43 bits per heavy atom. The van der Waals surface area contributed by atoms with Gasteiger partial charge in [-0.3, -0.25) is 9.69 Å². The molecule has 1 fully saturated rings. The van der Waals surface area contributed by atoms with Crippen molar-refractivity contribution in [2.45, 2.75) is 44.7 Å². The molecular weight excluding hydrogens is 264 g/mol. The summed E-state index contributed by atoms with van der Waals surface area (Å²) in [4.78, 5) is 13.7. The first-order valence-electron chi connectivity index (χ1n) is 7.70. The molecule has 1 saturated carbocycles. The fraction of sp³-hybridized carbons (Fsp3) is 0.588. The minimum atomic E-state index is -0.0753. The molecule has 2 rings (SSSR count). The zero-order valence-electron chi connectivity index (χ0n) is 13.0. The van der Waals surface area contributed by atoms with E-state index in [4.69, 9.17) is 10.5 Å². The SMILES string of the molecule is COC(=O)C[C@H]1CC[C@H](N(C)Cc2ccc(N)cc2)CC1. The fourth-order valence-corrected chi connectivity index (χ4v) is 3.15. The largest absolute Gasteiger partial charge is 0.469 e. The average Bonchev–Trinajstić information content (AvgIpc) is 2.50. The van der Waals surface area contributed by atoms with Gasteiger partial charge in [-0.1, -0.05) is 12.1 Å². The van der Waals surface area contributed by atoms with Gasteiger partial charge in [-0.25, -0.2) is 0 Å². The third-order valence-corrected chi connectivity index (χ3v) is 4.53. The Balaban J connectivity index is 1.78. The van der Waals surface area contributed by atoms with E-state index >= 15 is 0 Å². The number of carbonyl (C=O) groups is 1. The van der Waals surface area contributed by atoms with E-state index in [9.17, 15) is 4.79 Å². The first-order valence-corrected chi connectivity index (χ1v) is 7.70. The Bertz CT molecular complexity index is 450. The summed E-state index contributed by atoms with van der Waals surface area (Å²) in [6, 6.07) is 8.70. The number of methoxy groups -OCH3 is 1. The van der Waals surface area contributed by atoms with Crippen LogP contribution in [0, 0.1) is 5.92 Å². The fourth-order valence-electron chi connectivity index (χ4n) is 3.15. The van der Waals surface area contributed by atoms with Gasteiger partial charge in [0, 0.05) is 24.7 Å². The lowest BCUT2D eigenvalue weighted by molar-refractivity contribution is -0.142. The maximum Gasteiger partial charge on any atom is 0.305 e. The summed E-state index contributed by atoms with van der Waals surface area (Å²) < 4.78 is 4.76. The van der Waals surface area contributed by atoms with Gasteiger partial charge in [0.1, 0.15) is 0 Å². The number of hydrogen-bond donors (Lipinski definition) is 1. The molecule has 0 amide bonds. The summed E-state index contributed by atoms with van der Waals surface area (Å²) in [5.74, 6) is 0.423. The van der Waals surface area contributed by atoms with Gasteiger partial charge in [-0.2, -0.15) is 0 Å². The number of anilines is 1. The number of hydrogen-bond acceptors (Lipinski definition) is 4. The van der Waals surface area contributed by atoms with Crippen LogP contribution in [0.3, 0.4) is 0 Å². The van der Waals surface area contributed by atoms with Crippen molar-refractivity contribution in [2.75, 3.05) is 19.9 Å². The highest BCUT2D eigenvalue weighted by Crippen LogP contribution is 2.30. The van der Waals surface area contributed by atoms with Crippen LogP contribution in [0.2, 0.25) is 0 Å². The number of nitrogens with two attached hydrogens (primary N) is 1. The van der Waals surface area contributed by atoms with Gasteiger partial charge in [0.2, 0.25) is 0 Å². The highest BCUT2D eigenvalue weighted by molar-refractivity contribution is 5.69. The lowest BCUT2D eigenvalue weighted by Gasteiger charge is -2.34. The molecule has 0 heterocycles. The zero-order chi connectivity index (χ0) is 15.2. The second-order valence-corrected chi connectivity index (χ2v) is 6.11. The first kappa shape index (κ1) is 15.8. The van der Waals surface area contributed by atoms with Crippen molar-refractivity contribution in [3.8, 4) is 0 Å². The third kappa shape index (κ3) is 4.74. The van der Waals surface area contributed by atoms with Crippen molar-refractivity contribution in [1.29, 1.82) is 0 Å². The van der Waals surface area contributed by atoms with Crippen molar-refractivity contribution in [3.63, 3.8) is 0 Å². The highest BCUT2D eigenvalue weighted by atomic mass is 16.5. The molecule has 116 valence electrons. The van der Waals surface area contributed by atoms with E-state index in [2.05, 4.69) is 24.1 Å². The van der Waals surface area contributed by atoms with Crippen LogP contribution in [-0.4, -0.2) is 31.1 Å². The molecule has 0 radical (unpaired) electrons. The van der Waals surface area contributed by atoms with Crippen molar-refractivity contribution >= 4 is 11.7 Å². The van der Waals surface area contributed by atoms with Gasteiger partial charge in [-0.15, -0.1) is 0 Å². The molecule has 1 aliphatic carbocycles. The Hall–Kier alpha value is -1.55. The number of nitrogen functional groups attached to an aromatic ring is 1. The maximum absolute atomic E-state index is 11.3. The molecule has 0 unspecified atom stereocenters. The van der Waals surface area contributed by atoms with Crippen molar-refractivity contribution < 1.29 is 9.53 Å². The molecule has 1 aromatic carbocycles. The van der Waals surface area contributed by atoms with Gasteiger partial charge in [0.25, 0.3) is 0 Å². The highest BCUT2D eigenvalue weighted by Gasteiger charge is 2.25. The molecule has 1 aliphatic rings. The minimum Gasteiger partial charge on any atom is -0.469 e. The molecule has 0 aliphatic heterocycles. The molecular formula is C17H26N2O2. The lowest BCUT2D eigenvalue weighted by atomic mass is 9.83. The molecule has 0 atom stereocenters. The monoisotopic (exact) mass is 290 g/mol. The van der Waals surface area contributed by atoms with E-state index in [1.807, 2.05) is 12.1 Å². The van der Waals surface area contributed by atoms with E-state index in [-0.39, 0.29) is 5.97 Å². The van der Waals surface area contributed by atoms with Crippen LogP contribution in [0.15, 0.2) is 24.3 Å². The molecule has 0 saturated heterocycles. The molecule has 4 heteroatoms. The van der Waals surface area contributed by atoms with Gasteiger partial charge in [-0.05, 0) is 56.3 Å². The van der Waals surface area contributed by atoms with Gasteiger partial charge in [0.05, 0.1) is 7.11 Å². The van der Waals surface area contributed by atoms with Crippen LogP contribution in [0.1, 0.15) is 37.7 Å². The zero-order valence-corrected chi connectivity index (χ0v) is 13.0. The van der Waals surface area contributed by atoms with Gasteiger partial charge >= 0.3 is 5.97 Å². The van der Waals surface area contributed by atoms with Crippen molar-refractivity contribution in [3.05, 3.63) is 29.8 Å². The summed E-state index contributed by atoms with van der Waals surface area (Å²) in [7, 11) is 3.65. The Labute approximate surface area is 127 Å². The van der Waals surface area contributed by atoms with Gasteiger partial charge < -0.3 is 10.5 Å². The van der Waals surface area contributed by atoms with Crippen LogP contribution in [0.25, 0.3) is 0 Å². The molecule has 1 aromatic rings. The number of benzene rings is 1. The van der Waals surface area contributed by atoms with Crippen LogP contribution >= 0.6 is 0 Å². The Morgan fingerprint density at radius 1 is 1.24 bits per heavy atom. The standard InChI is InChI=1S/C17H26N2O2/c1-19(12-14-3-7-15(18)8-4-14)16-9-5-13(6-10-16)11-17(20)21-2/h3-4,7-8,13,16H,5-6,9-12,18H2,1-2H3/t13-,16-. The van der Waals surface area contributed by atoms with E-state index in [0.29, 0.717) is 18.4 Å². The predicted molar refractivity (Wildman–Crippen MR) is 84.7 cm³/mol. The normalized spacial score (nSPS) is 22.2. The van der Waals surface area contributed by atoms with Gasteiger partial charge in [0.15, 0.2) is 0 Å². The van der Waals surface area contributed by atoms with Crippen molar-refractivity contribution in [2.24, 2.45) is 5.92 Å². The van der Waals surface area contributed by atoms with E-state index < -0.39 is 0 Å². The lowest BCUT2D eigenvalue weighted by Crippen LogP contribution is -2.35. The van der Waals surface area contributed by atoms with E-state index in [1.54, 1.807) is 0 Å². The first-order chi connectivity index (χ1) is 10.1. The number of ether oxygens (including phenoxy) is 1. The summed E-state index contributed by atoms with van der Waals surface area (Å²) >= 11 is 0. The second kappa shape index (κ2) is 7.46. The second-order valence-electron chi connectivity index (χ2n) is 6.11. The molecule has 21 heavy (non-hydrogen) atoms. The van der Waals surface area contributed by atoms with E-state index in [0.717, 1.165) is 37.9 Å². The van der Waals surface area contributed by atoms with Crippen LogP contribution in [0.5, 0.6) is 0 Å². The number of carbonyl (C=O) groups excluding carboxylic acids is 1. The summed E-state index contributed by atoms with van der Waals surface area (Å²) in [6.07, 6.45) is 5.13. The molecule has 2 N–H and O–H groups in total. The van der Waals surface area contributed by atoms with Crippen molar-refractivity contribution in [1.82, 2.24) is 4.90 Å². The topological polar surface area (TPSA) is 55.6 Å². The predicted octanol–water partition coefficient (Wildman–Crippen LogP) is 2.82. The Morgan fingerprint density at radius 2 is 1.86 bits per heavy atom. The summed E-state index contributed by atoms with van der Waals surface area (Å²) in [6.45, 7) is 0.951. The smallest absolute Gasteiger partial charge is 0.305 e. The minimum absolute atomic E-state index is 0.0753. The summed E-state index contributed by atoms with van der Waals surface area (Å²) in [5, 5.41) is 0. The third-order valence-electron chi connectivity index (χ3n) is 4.53. The van der Waals surface area contributed by atoms with Crippen LogP contribution in [0.4, 0.5) is 5.69 Å². The summed E-state index contributed by atoms with van der Waals surface area (Å²) in [5.41, 5.74) is 7.82. The van der Waals surface area contributed by atoms with Crippen LogP contribution < -0.4 is 5.73 Å². The Kier molecular flexibility index (Phi) is 5.62. The van der Waals surface area contributed by atoms with Crippen LogP contribution in [-0.2, 0) is 16.1 Å². The maximum atomic E-state index is 11.3. The molecule has 0 spiro atoms. The molecule has 0 bridgehead atoms. The number of rotatable bonds is 5. The molecule has 4 nitrogen and oxygen atoms in total. The number of esters is 1. The average molecular weight is 290 g/mol. The molecule has 0 aromatic heterocycles.